The molecular weight excluding hydrogens is 396 g/mol. The second-order valence-electron chi connectivity index (χ2n) is 8.38. The van der Waals surface area contributed by atoms with Gasteiger partial charge in [-0.3, -0.25) is 9.80 Å². The third kappa shape index (κ3) is 4.28. The first-order valence-corrected chi connectivity index (χ1v) is 12.3. The molecule has 0 saturated carbocycles. The van der Waals surface area contributed by atoms with Crippen LogP contribution in [0.3, 0.4) is 0 Å². The standard InChI is InChI=1S/C24H30N2O3S/c27-30-23-8-6-19(28-15-13-25-9-1-2-10-25)17-22(23)21-7-5-20(18-24(21)30)29-16-14-26-11-3-4-12-26/h5-8,17-18H,1-4,9-16H2. The van der Waals surface area contributed by atoms with E-state index in [-0.39, 0.29) is 0 Å². The molecule has 0 radical (unpaired) electrons. The summed E-state index contributed by atoms with van der Waals surface area (Å²) < 4.78 is 26.7. The van der Waals surface area contributed by atoms with Crippen LogP contribution in [0.15, 0.2) is 36.4 Å². The number of likely N-dealkylation sites (tertiary alicyclic amines) is 2. The summed E-state index contributed by atoms with van der Waals surface area (Å²) in [6, 6.07) is 11.9. The first-order valence-electron chi connectivity index (χ1n) is 11.2. The van der Waals surface area contributed by atoms with Crippen LogP contribution in [0.2, 0.25) is 0 Å². The minimum Gasteiger partial charge on any atom is -0.590 e. The van der Waals surface area contributed by atoms with Crippen molar-refractivity contribution in [2.45, 2.75) is 25.7 Å². The largest absolute Gasteiger partial charge is 0.590 e. The Hall–Kier alpha value is -1.86. The molecule has 3 aromatic rings. The molecule has 6 heteroatoms. The van der Waals surface area contributed by atoms with Crippen LogP contribution in [0.1, 0.15) is 25.7 Å². The van der Waals surface area contributed by atoms with Gasteiger partial charge in [-0.05, 0) is 86.9 Å². The summed E-state index contributed by atoms with van der Waals surface area (Å²) in [5.41, 5.74) is 0. The summed E-state index contributed by atoms with van der Waals surface area (Å²) in [5.74, 6) is 1.65. The van der Waals surface area contributed by atoms with Crippen LogP contribution in [0, 0.1) is 0 Å². The molecule has 30 heavy (non-hydrogen) atoms. The molecule has 1 atom stereocenters. The van der Waals surface area contributed by atoms with Gasteiger partial charge >= 0.3 is 0 Å². The van der Waals surface area contributed by atoms with Crippen molar-refractivity contribution in [3.05, 3.63) is 36.4 Å². The van der Waals surface area contributed by atoms with Crippen molar-refractivity contribution < 1.29 is 14.0 Å². The normalized spacial score (nSPS) is 18.6. The maximum Gasteiger partial charge on any atom is 0.184 e. The van der Waals surface area contributed by atoms with Gasteiger partial charge in [0.05, 0.1) is 5.39 Å². The number of benzene rings is 2. The van der Waals surface area contributed by atoms with Crippen molar-refractivity contribution in [2.75, 3.05) is 52.5 Å². The van der Waals surface area contributed by atoms with Gasteiger partial charge in [-0.1, -0.05) is 0 Å². The molecule has 1 unspecified atom stereocenters. The highest BCUT2D eigenvalue weighted by atomic mass is 32.2. The lowest BCUT2D eigenvalue weighted by Crippen LogP contribution is -2.25. The van der Waals surface area contributed by atoms with Crippen molar-refractivity contribution in [1.29, 1.82) is 0 Å². The first kappa shape index (κ1) is 20.1. The van der Waals surface area contributed by atoms with E-state index in [0.717, 1.165) is 44.8 Å². The van der Waals surface area contributed by atoms with E-state index in [1.54, 1.807) is 0 Å². The Labute approximate surface area is 181 Å². The molecule has 3 heterocycles. The van der Waals surface area contributed by atoms with Gasteiger partial charge in [0.1, 0.15) is 24.7 Å². The Morgan fingerprint density at radius 2 is 1.27 bits per heavy atom. The van der Waals surface area contributed by atoms with E-state index >= 15 is 0 Å². The Morgan fingerprint density at radius 1 is 0.700 bits per heavy atom. The lowest BCUT2D eigenvalue weighted by Gasteiger charge is -2.14. The maximum absolute atomic E-state index is 13.0. The third-order valence-electron chi connectivity index (χ3n) is 6.34. The van der Waals surface area contributed by atoms with Crippen LogP contribution in [0.4, 0.5) is 0 Å². The molecule has 2 aliphatic heterocycles. The number of hydrogen-bond donors (Lipinski definition) is 0. The van der Waals surface area contributed by atoms with E-state index < -0.39 is 10.8 Å². The molecular formula is C24H30N2O3S. The molecule has 5 rings (SSSR count). The van der Waals surface area contributed by atoms with E-state index in [9.17, 15) is 4.55 Å². The quantitative estimate of drug-likeness (QED) is 0.490. The van der Waals surface area contributed by atoms with Crippen molar-refractivity contribution in [2.24, 2.45) is 0 Å². The lowest BCUT2D eigenvalue weighted by molar-refractivity contribution is 0.238. The molecule has 2 aliphatic rings. The van der Waals surface area contributed by atoms with Crippen LogP contribution in [0.25, 0.3) is 20.2 Å². The van der Waals surface area contributed by atoms with Gasteiger partial charge in [0.2, 0.25) is 0 Å². The molecule has 2 fully saturated rings. The molecule has 0 N–H and O–H groups in total. The average Bonchev–Trinajstić information content (AvgIpc) is 3.51. The third-order valence-corrected chi connectivity index (χ3v) is 7.84. The number of rotatable bonds is 8. The zero-order chi connectivity index (χ0) is 20.3. The van der Waals surface area contributed by atoms with E-state index in [2.05, 4.69) is 9.80 Å². The zero-order valence-electron chi connectivity index (χ0n) is 17.5. The van der Waals surface area contributed by atoms with E-state index in [1.165, 1.54) is 51.9 Å². The smallest absolute Gasteiger partial charge is 0.184 e. The SMILES string of the molecule is [O-][s+]1c2ccc(OCCN3CCCC3)cc2c2ccc(OCCN3CCCC3)cc21. The fourth-order valence-electron chi connectivity index (χ4n) is 4.66. The van der Waals surface area contributed by atoms with Gasteiger partial charge in [0.25, 0.3) is 0 Å². The van der Waals surface area contributed by atoms with Crippen LogP contribution in [-0.2, 0) is 0 Å². The number of fused-ring (bicyclic) bond motifs is 3. The van der Waals surface area contributed by atoms with Crippen molar-refractivity contribution in [3.63, 3.8) is 0 Å². The number of hydrogen-bond acceptors (Lipinski definition) is 5. The zero-order valence-corrected chi connectivity index (χ0v) is 18.3. The Bertz CT molecular complexity index is 1010. The van der Waals surface area contributed by atoms with Crippen molar-refractivity contribution in [3.8, 4) is 11.5 Å². The van der Waals surface area contributed by atoms with Gasteiger partial charge < -0.3 is 14.0 Å². The summed E-state index contributed by atoms with van der Waals surface area (Å²) in [5, 5.41) is 2.05. The van der Waals surface area contributed by atoms with Crippen LogP contribution in [0.5, 0.6) is 11.5 Å². The first-order chi connectivity index (χ1) is 14.8. The highest BCUT2D eigenvalue weighted by Crippen LogP contribution is 2.43. The Morgan fingerprint density at radius 3 is 1.90 bits per heavy atom. The molecule has 0 aliphatic carbocycles. The summed E-state index contributed by atoms with van der Waals surface area (Å²) in [7, 11) is -1.16. The Balaban J connectivity index is 1.28. The Kier molecular flexibility index (Phi) is 6.09. The predicted octanol–water partition coefficient (Wildman–Crippen LogP) is 4.67. The van der Waals surface area contributed by atoms with E-state index in [1.807, 2.05) is 36.4 Å². The highest BCUT2D eigenvalue weighted by molar-refractivity contribution is 7.37. The van der Waals surface area contributed by atoms with E-state index in [4.69, 9.17) is 9.47 Å². The predicted molar refractivity (Wildman–Crippen MR) is 122 cm³/mol. The summed E-state index contributed by atoms with van der Waals surface area (Å²) in [6.45, 7) is 8.01. The fraction of sp³-hybridized carbons (Fsp3) is 0.500. The van der Waals surface area contributed by atoms with Gasteiger partial charge in [-0.15, -0.1) is 0 Å². The fourth-order valence-corrected chi connectivity index (χ4v) is 6.05. The van der Waals surface area contributed by atoms with Crippen LogP contribution < -0.4 is 9.47 Å². The lowest BCUT2D eigenvalue weighted by atomic mass is 10.1. The van der Waals surface area contributed by atoms with Crippen LogP contribution >= 0.6 is 10.8 Å². The number of thiophene rings is 1. The maximum atomic E-state index is 13.0. The molecule has 2 aromatic carbocycles. The number of ether oxygens (including phenoxy) is 2. The van der Waals surface area contributed by atoms with Crippen molar-refractivity contribution in [1.82, 2.24) is 9.80 Å². The van der Waals surface area contributed by atoms with Gasteiger partial charge in [-0.2, -0.15) is 0 Å². The van der Waals surface area contributed by atoms with Gasteiger partial charge in [-0.25, -0.2) is 0 Å². The second kappa shape index (κ2) is 9.10. The molecule has 2 saturated heterocycles. The van der Waals surface area contributed by atoms with Gasteiger partial charge in [0.15, 0.2) is 9.40 Å². The molecule has 5 nitrogen and oxygen atoms in total. The second-order valence-corrected chi connectivity index (χ2v) is 9.80. The summed E-state index contributed by atoms with van der Waals surface area (Å²) >= 11 is 0. The van der Waals surface area contributed by atoms with Crippen molar-refractivity contribution >= 4 is 30.9 Å². The molecule has 0 spiro atoms. The average molecular weight is 427 g/mol. The minimum absolute atomic E-state index is 0.674. The molecule has 160 valence electrons. The van der Waals surface area contributed by atoms with E-state index in [0.29, 0.717) is 13.2 Å². The summed E-state index contributed by atoms with van der Waals surface area (Å²) in [4.78, 5) is 4.88. The van der Waals surface area contributed by atoms with Crippen LogP contribution in [-0.4, -0.2) is 66.8 Å². The van der Waals surface area contributed by atoms with Gasteiger partial charge in [0, 0.05) is 30.6 Å². The molecule has 0 amide bonds. The molecule has 0 bridgehead atoms. The topological polar surface area (TPSA) is 48.0 Å². The monoisotopic (exact) mass is 426 g/mol. The minimum atomic E-state index is -1.16. The molecule has 1 aromatic heterocycles. The number of nitrogens with zero attached hydrogens (tertiary/aromatic N) is 2. The highest BCUT2D eigenvalue weighted by Gasteiger charge is 2.18. The summed E-state index contributed by atoms with van der Waals surface area (Å²) in [6.07, 6.45) is 5.18.